The van der Waals surface area contributed by atoms with Crippen LogP contribution in [0, 0.1) is 6.92 Å². The molecule has 1 aliphatic heterocycles. The van der Waals surface area contributed by atoms with Gasteiger partial charge in [-0.1, -0.05) is 12.1 Å². The van der Waals surface area contributed by atoms with E-state index in [1.807, 2.05) is 49.4 Å². The van der Waals surface area contributed by atoms with Crippen molar-refractivity contribution in [3.05, 3.63) is 70.8 Å². The molecule has 0 saturated carbocycles. The van der Waals surface area contributed by atoms with Gasteiger partial charge in [-0.05, 0) is 60.5 Å². The van der Waals surface area contributed by atoms with Gasteiger partial charge in [-0.2, -0.15) is 0 Å². The van der Waals surface area contributed by atoms with Crippen LogP contribution in [0.1, 0.15) is 16.7 Å². The van der Waals surface area contributed by atoms with E-state index in [1.54, 1.807) is 26.4 Å². The molecular weight excluding hydrogens is 304 g/mol. The van der Waals surface area contributed by atoms with E-state index in [4.69, 9.17) is 14.2 Å². The predicted molar refractivity (Wildman–Crippen MR) is 92.8 cm³/mol. The van der Waals surface area contributed by atoms with Gasteiger partial charge in [0, 0.05) is 5.56 Å². The van der Waals surface area contributed by atoms with Crippen molar-refractivity contribution >= 4 is 17.8 Å². The Kier molecular flexibility index (Phi) is 4.38. The summed E-state index contributed by atoms with van der Waals surface area (Å²) in [5, 5.41) is 0. The smallest absolute Gasteiger partial charge is 0.343 e. The van der Waals surface area contributed by atoms with E-state index in [2.05, 4.69) is 0 Å². The van der Waals surface area contributed by atoms with Crippen molar-refractivity contribution in [2.45, 2.75) is 6.92 Å². The molecule has 0 bridgehead atoms. The second-order valence-corrected chi connectivity index (χ2v) is 5.46. The van der Waals surface area contributed by atoms with Crippen LogP contribution < -0.4 is 9.47 Å². The number of hydrogen-bond donors (Lipinski definition) is 0. The summed E-state index contributed by atoms with van der Waals surface area (Å²) >= 11 is 0. The van der Waals surface area contributed by atoms with E-state index in [-0.39, 0.29) is 5.97 Å². The minimum atomic E-state index is -0.361. The lowest BCUT2D eigenvalue weighted by Gasteiger charge is -2.05. The maximum atomic E-state index is 12.1. The Balaban J connectivity index is 1.90. The molecule has 0 saturated heterocycles. The Bertz CT molecular complexity index is 829. The number of ether oxygens (including phenoxy) is 3. The molecule has 0 atom stereocenters. The fourth-order valence-corrected chi connectivity index (χ4v) is 2.49. The number of methoxy groups -OCH3 is 2. The Morgan fingerprint density at radius 2 is 1.75 bits per heavy atom. The summed E-state index contributed by atoms with van der Waals surface area (Å²) in [7, 11) is 3.24. The fourth-order valence-electron chi connectivity index (χ4n) is 2.49. The normalized spacial score (nSPS) is 15.2. The molecule has 4 heteroatoms. The Morgan fingerprint density at radius 1 is 1.00 bits per heavy atom. The van der Waals surface area contributed by atoms with E-state index in [0.29, 0.717) is 11.3 Å². The molecule has 3 rings (SSSR count). The molecule has 0 aliphatic carbocycles. The van der Waals surface area contributed by atoms with Crippen molar-refractivity contribution in [1.82, 2.24) is 0 Å². The Hall–Kier alpha value is -3.01. The van der Waals surface area contributed by atoms with Crippen molar-refractivity contribution in [2.75, 3.05) is 14.2 Å². The molecule has 0 fully saturated rings. The lowest BCUT2D eigenvalue weighted by atomic mass is 10.1. The first-order valence-electron chi connectivity index (χ1n) is 7.55. The van der Waals surface area contributed by atoms with Crippen molar-refractivity contribution in [1.29, 1.82) is 0 Å². The summed E-state index contributed by atoms with van der Waals surface area (Å²) < 4.78 is 15.8. The van der Waals surface area contributed by atoms with Crippen LogP contribution in [0.25, 0.3) is 11.8 Å². The molecule has 0 unspecified atom stereocenters. The number of carbonyl (C=O) groups is 1. The van der Waals surface area contributed by atoms with Crippen LogP contribution >= 0.6 is 0 Å². The number of rotatable bonds is 4. The topological polar surface area (TPSA) is 44.8 Å². The summed E-state index contributed by atoms with van der Waals surface area (Å²) in [6.07, 6.45) is 3.54. The van der Waals surface area contributed by atoms with Gasteiger partial charge < -0.3 is 14.2 Å². The lowest BCUT2D eigenvalue weighted by molar-refractivity contribution is -0.130. The van der Waals surface area contributed by atoms with Crippen LogP contribution in [0.15, 0.2) is 54.1 Å². The summed E-state index contributed by atoms with van der Waals surface area (Å²) in [5.41, 5.74) is 3.26. The van der Waals surface area contributed by atoms with Crippen LogP contribution in [0.3, 0.4) is 0 Å². The van der Waals surface area contributed by atoms with Crippen LogP contribution in [0.5, 0.6) is 11.5 Å². The molecule has 2 aromatic carbocycles. The van der Waals surface area contributed by atoms with Gasteiger partial charge in [-0.3, -0.25) is 0 Å². The average molecular weight is 322 g/mol. The standard InChI is InChI=1S/C20H18O4/c1-13-4-5-14(11-18(13)23-3)10-16-12-19(24-20(16)21)15-6-8-17(22-2)9-7-15/h4-12H,1-3H3. The van der Waals surface area contributed by atoms with Gasteiger partial charge in [0.2, 0.25) is 0 Å². The van der Waals surface area contributed by atoms with Gasteiger partial charge in [0.1, 0.15) is 17.3 Å². The van der Waals surface area contributed by atoms with Gasteiger partial charge in [-0.25, -0.2) is 4.79 Å². The molecule has 0 spiro atoms. The average Bonchev–Trinajstić information content (AvgIpc) is 2.97. The number of benzene rings is 2. The fraction of sp³-hybridized carbons (Fsp3) is 0.150. The molecule has 0 aromatic heterocycles. The van der Waals surface area contributed by atoms with Gasteiger partial charge in [-0.15, -0.1) is 0 Å². The molecule has 4 nitrogen and oxygen atoms in total. The second kappa shape index (κ2) is 6.62. The zero-order valence-corrected chi connectivity index (χ0v) is 13.8. The number of cyclic esters (lactones) is 1. The minimum absolute atomic E-state index is 0.361. The molecule has 24 heavy (non-hydrogen) atoms. The molecule has 2 aromatic rings. The third-order valence-electron chi connectivity index (χ3n) is 3.85. The third kappa shape index (κ3) is 3.18. The highest BCUT2D eigenvalue weighted by atomic mass is 16.5. The molecule has 0 amide bonds. The number of aryl methyl sites for hydroxylation is 1. The lowest BCUT2D eigenvalue weighted by Crippen LogP contribution is -1.97. The van der Waals surface area contributed by atoms with Crippen molar-refractivity contribution < 1.29 is 19.0 Å². The number of esters is 1. The van der Waals surface area contributed by atoms with Gasteiger partial charge in [0.15, 0.2) is 0 Å². The van der Waals surface area contributed by atoms with Gasteiger partial charge >= 0.3 is 5.97 Å². The highest BCUT2D eigenvalue weighted by Gasteiger charge is 2.22. The maximum absolute atomic E-state index is 12.1. The molecule has 122 valence electrons. The van der Waals surface area contributed by atoms with Crippen LogP contribution in [-0.2, 0) is 9.53 Å². The Labute approximate surface area is 141 Å². The summed E-state index contributed by atoms with van der Waals surface area (Å²) in [6.45, 7) is 1.97. The van der Waals surface area contributed by atoms with Crippen molar-refractivity contribution in [3.8, 4) is 11.5 Å². The van der Waals surface area contributed by atoms with Crippen LogP contribution in [-0.4, -0.2) is 20.2 Å². The summed E-state index contributed by atoms with van der Waals surface area (Å²) in [4.78, 5) is 12.1. The van der Waals surface area contributed by atoms with Crippen molar-refractivity contribution in [3.63, 3.8) is 0 Å². The van der Waals surface area contributed by atoms with Crippen LogP contribution in [0.2, 0.25) is 0 Å². The highest BCUT2D eigenvalue weighted by molar-refractivity contribution is 6.05. The molecule has 1 heterocycles. The molecule has 1 aliphatic rings. The van der Waals surface area contributed by atoms with E-state index in [1.165, 1.54) is 0 Å². The third-order valence-corrected chi connectivity index (χ3v) is 3.85. The van der Waals surface area contributed by atoms with E-state index >= 15 is 0 Å². The second-order valence-electron chi connectivity index (χ2n) is 5.46. The Morgan fingerprint density at radius 3 is 2.42 bits per heavy atom. The quantitative estimate of drug-likeness (QED) is 0.630. The molecular formula is C20H18O4. The number of hydrogen-bond acceptors (Lipinski definition) is 4. The van der Waals surface area contributed by atoms with E-state index in [9.17, 15) is 4.79 Å². The monoisotopic (exact) mass is 322 g/mol. The van der Waals surface area contributed by atoms with Crippen molar-refractivity contribution in [2.24, 2.45) is 0 Å². The van der Waals surface area contributed by atoms with Gasteiger partial charge in [0.05, 0.1) is 19.8 Å². The highest BCUT2D eigenvalue weighted by Crippen LogP contribution is 2.29. The largest absolute Gasteiger partial charge is 0.497 e. The first kappa shape index (κ1) is 15.9. The first-order chi connectivity index (χ1) is 11.6. The minimum Gasteiger partial charge on any atom is -0.497 e. The first-order valence-corrected chi connectivity index (χ1v) is 7.55. The predicted octanol–water partition coefficient (Wildman–Crippen LogP) is 3.99. The maximum Gasteiger partial charge on any atom is 0.343 e. The van der Waals surface area contributed by atoms with Crippen LogP contribution in [0.4, 0.5) is 0 Å². The van der Waals surface area contributed by atoms with E-state index < -0.39 is 0 Å². The van der Waals surface area contributed by atoms with Gasteiger partial charge in [0.25, 0.3) is 0 Å². The summed E-state index contributed by atoms with van der Waals surface area (Å²) in [5.74, 6) is 1.72. The SMILES string of the molecule is COc1ccc(C2=CC(=Cc3ccc(C)c(OC)c3)C(=O)O2)cc1. The van der Waals surface area contributed by atoms with E-state index in [0.717, 1.165) is 28.2 Å². The zero-order chi connectivity index (χ0) is 17.1. The zero-order valence-electron chi connectivity index (χ0n) is 13.8. The molecule has 0 radical (unpaired) electrons. The molecule has 0 N–H and O–H groups in total. The summed E-state index contributed by atoms with van der Waals surface area (Å²) in [6, 6.07) is 13.2. The number of carbonyl (C=O) groups excluding carboxylic acids is 1.